The lowest BCUT2D eigenvalue weighted by Gasteiger charge is -2.31. The molecule has 32 heavy (non-hydrogen) atoms. The van der Waals surface area contributed by atoms with E-state index in [-0.39, 0.29) is 24.2 Å². The van der Waals surface area contributed by atoms with Crippen molar-refractivity contribution in [2.75, 3.05) is 32.8 Å². The number of amides is 1. The van der Waals surface area contributed by atoms with E-state index in [2.05, 4.69) is 46.4 Å². The zero-order chi connectivity index (χ0) is 22.3. The average Bonchev–Trinajstić information content (AvgIpc) is 3.28. The van der Waals surface area contributed by atoms with Crippen LogP contribution in [0.25, 0.3) is 11.3 Å². The van der Waals surface area contributed by atoms with E-state index in [9.17, 15) is 9.18 Å². The summed E-state index contributed by atoms with van der Waals surface area (Å²) in [6, 6.07) is 14.2. The number of benzene rings is 2. The van der Waals surface area contributed by atoms with Gasteiger partial charge in [-0.05, 0) is 36.8 Å². The van der Waals surface area contributed by atoms with Gasteiger partial charge < -0.3 is 14.5 Å². The van der Waals surface area contributed by atoms with Crippen LogP contribution < -0.4 is 5.32 Å². The number of ether oxygens (including phenoxy) is 1. The molecular formula is C25H28FN3O3. The smallest absolute Gasteiger partial charge is 0.221 e. The third-order valence-electron chi connectivity index (χ3n) is 5.61. The van der Waals surface area contributed by atoms with E-state index in [1.165, 1.54) is 17.7 Å². The molecule has 2 aromatic carbocycles. The maximum atomic E-state index is 13.1. The van der Waals surface area contributed by atoms with E-state index >= 15 is 0 Å². The standard InChI is InChI=1S/C25H28FN3O3/c1-18-2-4-19(5-3-18)22(17-29-12-14-31-15-13-29)28-24(30)10-11-25-27-16-23(32-25)20-6-8-21(26)9-7-20/h2-9,16,22H,10-15,17H2,1H3,(H,28,30). The number of carbonyl (C=O) groups excluding carboxylic acids is 1. The minimum atomic E-state index is -0.301. The average molecular weight is 438 g/mol. The fourth-order valence-electron chi connectivity index (χ4n) is 3.74. The summed E-state index contributed by atoms with van der Waals surface area (Å²) in [6.07, 6.45) is 2.27. The molecule has 1 amide bonds. The molecule has 168 valence electrons. The Kier molecular flexibility index (Phi) is 7.29. The fraction of sp³-hybridized carbons (Fsp3) is 0.360. The van der Waals surface area contributed by atoms with Crippen LogP contribution in [0.1, 0.15) is 29.5 Å². The van der Waals surface area contributed by atoms with Gasteiger partial charge in [0.15, 0.2) is 11.7 Å². The molecule has 1 unspecified atom stereocenters. The minimum absolute atomic E-state index is 0.0506. The molecule has 1 aliphatic rings. The Bertz CT molecular complexity index is 1010. The number of hydrogen-bond acceptors (Lipinski definition) is 5. The largest absolute Gasteiger partial charge is 0.441 e. The third-order valence-corrected chi connectivity index (χ3v) is 5.61. The number of aromatic nitrogens is 1. The number of carbonyl (C=O) groups is 1. The van der Waals surface area contributed by atoms with Crippen LogP contribution in [0.15, 0.2) is 59.1 Å². The third kappa shape index (κ3) is 6.02. The van der Waals surface area contributed by atoms with Crippen molar-refractivity contribution < 1.29 is 18.3 Å². The molecule has 3 aromatic rings. The van der Waals surface area contributed by atoms with Crippen LogP contribution in [-0.2, 0) is 16.0 Å². The molecule has 1 N–H and O–H groups in total. The molecule has 1 fully saturated rings. The highest BCUT2D eigenvalue weighted by molar-refractivity contribution is 5.76. The summed E-state index contributed by atoms with van der Waals surface area (Å²) in [5.41, 5.74) is 3.02. The van der Waals surface area contributed by atoms with Gasteiger partial charge in [-0.2, -0.15) is 0 Å². The fourth-order valence-corrected chi connectivity index (χ4v) is 3.74. The van der Waals surface area contributed by atoms with Gasteiger partial charge in [0.25, 0.3) is 0 Å². The van der Waals surface area contributed by atoms with Gasteiger partial charge in [0, 0.05) is 38.0 Å². The maximum absolute atomic E-state index is 13.1. The Hall–Kier alpha value is -3.03. The molecule has 1 saturated heterocycles. The number of nitrogens with one attached hydrogen (secondary N) is 1. The molecule has 1 aromatic heterocycles. The summed E-state index contributed by atoms with van der Waals surface area (Å²) < 4.78 is 24.3. The van der Waals surface area contributed by atoms with Gasteiger partial charge in [0.1, 0.15) is 5.82 Å². The zero-order valence-electron chi connectivity index (χ0n) is 18.2. The predicted molar refractivity (Wildman–Crippen MR) is 120 cm³/mol. The summed E-state index contributed by atoms with van der Waals surface area (Å²) >= 11 is 0. The van der Waals surface area contributed by atoms with Gasteiger partial charge in [-0.3, -0.25) is 9.69 Å². The molecule has 1 aliphatic heterocycles. The molecule has 0 radical (unpaired) electrons. The number of aryl methyl sites for hydroxylation is 2. The van der Waals surface area contributed by atoms with Crippen LogP contribution in [0, 0.1) is 12.7 Å². The number of hydrogen-bond donors (Lipinski definition) is 1. The molecule has 0 spiro atoms. The molecule has 2 heterocycles. The Morgan fingerprint density at radius 1 is 1.12 bits per heavy atom. The van der Waals surface area contributed by atoms with Crippen LogP contribution in [0.5, 0.6) is 0 Å². The van der Waals surface area contributed by atoms with E-state index in [4.69, 9.17) is 9.15 Å². The number of oxazole rings is 1. The first-order valence-corrected chi connectivity index (χ1v) is 10.9. The van der Waals surface area contributed by atoms with Gasteiger partial charge >= 0.3 is 0 Å². The first kappa shape index (κ1) is 22.2. The summed E-state index contributed by atoms with van der Waals surface area (Å²) in [5, 5.41) is 3.18. The normalized spacial score (nSPS) is 15.4. The Morgan fingerprint density at radius 2 is 1.84 bits per heavy atom. The number of halogens is 1. The van der Waals surface area contributed by atoms with Gasteiger partial charge in [-0.25, -0.2) is 9.37 Å². The van der Waals surface area contributed by atoms with E-state index in [1.807, 2.05) is 0 Å². The second-order valence-electron chi connectivity index (χ2n) is 8.07. The topological polar surface area (TPSA) is 67.6 Å². The molecule has 7 heteroatoms. The Balaban J connectivity index is 1.36. The molecule has 6 nitrogen and oxygen atoms in total. The van der Waals surface area contributed by atoms with E-state index in [0.29, 0.717) is 18.1 Å². The van der Waals surface area contributed by atoms with Gasteiger partial charge in [-0.1, -0.05) is 29.8 Å². The van der Waals surface area contributed by atoms with Crippen molar-refractivity contribution in [3.8, 4) is 11.3 Å². The molecule has 0 bridgehead atoms. The van der Waals surface area contributed by atoms with E-state index < -0.39 is 0 Å². The molecule has 0 saturated carbocycles. The van der Waals surface area contributed by atoms with Crippen molar-refractivity contribution in [2.45, 2.75) is 25.8 Å². The highest BCUT2D eigenvalue weighted by atomic mass is 19.1. The van der Waals surface area contributed by atoms with Crippen molar-refractivity contribution in [1.29, 1.82) is 0 Å². The Morgan fingerprint density at radius 3 is 2.56 bits per heavy atom. The van der Waals surface area contributed by atoms with Crippen molar-refractivity contribution in [3.63, 3.8) is 0 Å². The number of morpholine rings is 1. The second kappa shape index (κ2) is 10.5. The van der Waals surface area contributed by atoms with Crippen LogP contribution in [0.3, 0.4) is 0 Å². The molecular weight excluding hydrogens is 409 g/mol. The maximum Gasteiger partial charge on any atom is 0.221 e. The summed E-state index contributed by atoms with van der Waals surface area (Å²) in [7, 11) is 0. The van der Waals surface area contributed by atoms with Gasteiger partial charge in [0.05, 0.1) is 25.5 Å². The van der Waals surface area contributed by atoms with Crippen molar-refractivity contribution >= 4 is 5.91 Å². The first-order valence-electron chi connectivity index (χ1n) is 10.9. The van der Waals surface area contributed by atoms with Crippen LogP contribution in [0.4, 0.5) is 4.39 Å². The quantitative estimate of drug-likeness (QED) is 0.579. The number of rotatable bonds is 8. The summed E-state index contributed by atoms with van der Waals surface area (Å²) in [5.74, 6) is 0.695. The van der Waals surface area contributed by atoms with Crippen LogP contribution in [0.2, 0.25) is 0 Å². The zero-order valence-corrected chi connectivity index (χ0v) is 18.2. The monoisotopic (exact) mass is 437 g/mol. The molecule has 0 aliphatic carbocycles. The predicted octanol–water partition coefficient (Wildman–Crippen LogP) is 3.91. The van der Waals surface area contributed by atoms with Crippen LogP contribution in [-0.4, -0.2) is 48.6 Å². The lowest BCUT2D eigenvalue weighted by molar-refractivity contribution is -0.122. The lowest BCUT2D eigenvalue weighted by atomic mass is 10.0. The van der Waals surface area contributed by atoms with Crippen LogP contribution >= 0.6 is 0 Å². The highest BCUT2D eigenvalue weighted by Gasteiger charge is 2.20. The molecule has 1 atom stereocenters. The van der Waals surface area contributed by atoms with Gasteiger partial charge in [0.2, 0.25) is 5.91 Å². The SMILES string of the molecule is Cc1ccc(C(CN2CCOCC2)NC(=O)CCc2ncc(-c3ccc(F)cc3)o2)cc1. The highest BCUT2D eigenvalue weighted by Crippen LogP contribution is 2.21. The second-order valence-corrected chi connectivity index (χ2v) is 8.07. The summed E-state index contributed by atoms with van der Waals surface area (Å²) in [6.45, 7) is 5.95. The Labute approximate surface area is 187 Å². The summed E-state index contributed by atoms with van der Waals surface area (Å²) in [4.78, 5) is 19.3. The lowest BCUT2D eigenvalue weighted by Crippen LogP contribution is -2.43. The van der Waals surface area contributed by atoms with Crippen molar-refractivity contribution in [1.82, 2.24) is 15.2 Å². The van der Waals surface area contributed by atoms with E-state index in [1.54, 1.807) is 18.3 Å². The molecule has 4 rings (SSSR count). The minimum Gasteiger partial charge on any atom is -0.441 e. The van der Waals surface area contributed by atoms with Crippen molar-refractivity contribution in [3.05, 3.63) is 77.6 Å². The first-order chi connectivity index (χ1) is 15.6. The van der Waals surface area contributed by atoms with Crippen molar-refractivity contribution in [2.24, 2.45) is 0 Å². The van der Waals surface area contributed by atoms with Gasteiger partial charge in [-0.15, -0.1) is 0 Å². The van der Waals surface area contributed by atoms with E-state index in [0.717, 1.165) is 44.0 Å². The number of nitrogens with zero attached hydrogens (tertiary/aromatic N) is 2.